The Morgan fingerprint density at radius 2 is 1.49 bits per heavy atom. The molecule has 1 aliphatic carbocycles. The smallest absolute Gasteiger partial charge is 0.338 e. The number of allylic oxidation sites excluding steroid dienone is 2. The Hall–Kier alpha value is -4.47. The van der Waals surface area contributed by atoms with E-state index < -0.39 is 5.97 Å². The fourth-order valence-electron chi connectivity index (χ4n) is 5.57. The van der Waals surface area contributed by atoms with Gasteiger partial charge in [-0.05, 0) is 64.3 Å². The number of hydrogen-bond donors (Lipinski definition) is 0. The minimum absolute atomic E-state index is 0.0884. The number of fused-ring (bicyclic) bond motifs is 2. The zero-order chi connectivity index (χ0) is 26.7. The molecule has 0 radical (unpaired) electrons. The standard InChI is InChI=1S/C31H26N4O2/c1-18(2)23-10-8-19(3)12-28(23)37-31(36)20-9-11-26-27(13-20)30(22(16-34)17-35)25-7-5-4-6-24(25)29(26)21(14-32)15-33/h4-7,9,11,13,18-19,23,28H,8,10,12H2,1-3H3/q-2/t19-,23?,28?/m1/s1. The molecule has 6 nitrogen and oxygen atoms in total. The maximum absolute atomic E-state index is 13.4. The molecule has 0 bridgehead atoms. The monoisotopic (exact) mass is 486 g/mol. The van der Waals surface area contributed by atoms with Crippen LogP contribution in [-0.4, -0.2) is 23.8 Å². The number of nitriles is 2. The molecule has 3 aromatic rings. The van der Waals surface area contributed by atoms with Gasteiger partial charge in [0.1, 0.15) is 18.2 Å². The van der Waals surface area contributed by atoms with Crippen LogP contribution >= 0.6 is 0 Å². The summed E-state index contributed by atoms with van der Waals surface area (Å²) in [5, 5.41) is 41.0. The Bertz CT molecular complexity index is 1590. The van der Waals surface area contributed by atoms with Gasteiger partial charge in [-0.15, -0.1) is 0 Å². The minimum atomic E-state index is -0.465. The van der Waals surface area contributed by atoms with Crippen molar-refractivity contribution < 1.29 is 9.53 Å². The van der Waals surface area contributed by atoms with Crippen molar-refractivity contribution in [2.75, 3.05) is 0 Å². The Kier molecular flexibility index (Phi) is 7.37. The number of benzene rings is 3. The minimum Gasteiger partial charge on any atom is -0.762 e. The molecule has 37 heavy (non-hydrogen) atoms. The van der Waals surface area contributed by atoms with E-state index in [4.69, 9.17) is 4.74 Å². The summed E-state index contributed by atoms with van der Waals surface area (Å²) < 4.78 is 6.05. The molecule has 1 fully saturated rings. The first-order chi connectivity index (χ1) is 17.8. The summed E-state index contributed by atoms with van der Waals surface area (Å²) in [6.07, 6.45) is 2.75. The molecule has 0 amide bonds. The van der Waals surface area contributed by atoms with Gasteiger partial charge in [0.25, 0.3) is 0 Å². The van der Waals surface area contributed by atoms with Gasteiger partial charge in [-0.2, -0.15) is 10.5 Å². The highest BCUT2D eigenvalue weighted by Crippen LogP contribution is 2.40. The normalized spacial score (nSPS) is 18.9. The summed E-state index contributed by atoms with van der Waals surface area (Å²) in [5.41, 5.74) is 0.872. The van der Waals surface area contributed by atoms with Crippen molar-refractivity contribution in [2.24, 2.45) is 17.8 Å². The zero-order valence-electron chi connectivity index (χ0n) is 21.1. The maximum Gasteiger partial charge on any atom is 0.338 e. The van der Waals surface area contributed by atoms with Gasteiger partial charge >= 0.3 is 5.97 Å². The highest BCUT2D eigenvalue weighted by atomic mass is 16.5. The summed E-state index contributed by atoms with van der Waals surface area (Å²) in [4.78, 5) is 13.4. The topological polar surface area (TPSA) is 118 Å². The van der Waals surface area contributed by atoms with Gasteiger partial charge in [-0.1, -0.05) is 57.5 Å². The Morgan fingerprint density at radius 3 is 2.03 bits per heavy atom. The van der Waals surface area contributed by atoms with Gasteiger partial charge < -0.3 is 15.6 Å². The second-order valence-corrected chi connectivity index (χ2v) is 10.0. The van der Waals surface area contributed by atoms with E-state index in [0.29, 0.717) is 50.1 Å². The van der Waals surface area contributed by atoms with Crippen LogP contribution in [0.25, 0.3) is 43.5 Å². The molecule has 3 aromatic carbocycles. The summed E-state index contributed by atoms with van der Waals surface area (Å²) in [7, 11) is 0. The van der Waals surface area contributed by atoms with Gasteiger partial charge in [0.15, 0.2) is 0 Å². The van der Waals surface area contributed by atoms with Crippen LogP contribution in [0.3, 0.4) is 0 Å². The summed E-state index contributed by atoms with van der Waals surface area (Å²) in [6, 6.07) is 15.9. The molecule has 6 heteroatoms. The lowest BCUT2D eigenvalue weighted by Gasteiger charge is -2.36. The van der Waals surface area contributed by atoms with Crippen molar-refractivity contribution in [2.45, 2.75) is 46.1 Å². The number of esters is 1. The summed E-state index contributed by atoms with van der Waals surface area (Å²) in [6.45, 7) is 6.47. The quantitative estimate of drug-likeness (QED) is 0.168. The average Bonchev–Trinajstić information content (AvgIpc) is 2.90. The number of carbonyl (C=O) groups is 1. The van der Waals surface area contributed by atoms with E-state index in [2.05, 4.69) is 20.8 Å². The van der Waals surface area contributed by atoms with Crippen LogP contribution in [0, 0.1) is 40.4 Å². The number of ether oxygens (including phenoxy) is 1. The highest BCUT2D eigenvalue weighted by Gasteiger charge is 2.33. The van der Waals surface area contributed by atoms with Crippen molar-refractivity contribution in [3.05, 3.63) is 70.0 Å². The molecule has 0 spiro atoms. The second-order valence-electron chi connectivity index (χ2n) is 10.0. The van der Waals surface area contributed by atoms with Crippen LogP contribution in [-0.2, 0) is 4.74 Å². The van der Waals surface area contributed by atoms with Crippen LogP contribution in [0.5, 0.6) is 0 Å². The first kappa shape index (κ1) is 25.6. The number of hydrogen-bond acceptors (Lipinski definition) is 4. The van der Waals surface area contributed by atoms with Gasteiger partial charge in [0.2, 0.25) is 0 Å². The Morgan fingerprint density at radius 1 is 0.919 bits per heavy atom. The SMILES string of the molecule is CC(C)C1CC[C@@H](C)CC1OC(=O)c1ccc2c(C(=C=[N-])C#N)c3ccccc3c(C(=C=[N-])C#N)c2c1. The molecule has 1 saturated carbocycles. The van der Waals surface area contributed by atoms with Gasteiger partial charge in [0, 0.05) is 11.1 Å². The Labute approximate surface area is 216 Å². The van der Waals surface area contributed by atoms with E-state index in [1.807, 2.05) is 23.9 Å². The molecular formula is C31H26N4O2-2. The van der Waals surface area contributed by atoms with E-state index in [-0.39, 0.29) is 23.2 Å². The van der Waals surface area contributed by atoms with Gasteiger partial charge in [-0.3, -0.25) is 0 Å². The average molecular weight is 487 g/mol. The largest absolute Gasteiger partial charge is 0.762 e. The van der Waals surface area contributed by atoms with Crippen LogP contribution in [0.4, 0.5) is 0 Å². The third kappa shape index (κ3) is 4.69. The van der Waals surface area contributed by atoms with Crippen molar-refractivity contribution >= 4 is 50.4 Å². The molecule has 4 rings (SSSR count). The van der Waals surface area contributed by atoms with Crippen LogP contribution in [0.15, 0.2) is 42.5 Å². The highest BCUT2D eigenvalue weighted by molar-refractivity contribution is 6.23. The summed E-state index contributed by atoms with van der Waals surface area (Å²) >= 11 is 0. The first-order valence-electron chi connectivity index (χ1n) is 12.4. The number of rotatable bonds is 5. The van der Waals surface area contributed by atoms with Gasteiger partial charge in [-0.25, -0.2) is 16.5 Å². The molecule has 0 N–H and O–H groups in total. The van der Waals surface area contributed by atoms with E-state index >= 15 is 0 Å². The lowest BCUT2D eigenvalue weighted by molar-refractivity contribution is -0.0173. The van der Waals surface area contributed by atoms with Crippen molar-refractivity contribution in [3.8, 4) is 12.1 Å². The second kappa shape index (κ2) is 10.7. The fraction of sp³-hybridized carbons (Fsp3) is 0.323. The van der Waals surface area contributed by atoms with E-state index in [0.717, 1.165) is 19.3 Å². The lowest BCUT2D eigenvalue weighted by Crippen LogP contribution is -2.35. The van der Waals surface area contributed by atoms with E-state index in [9.17, 15) is 26.1 Å². The van der Waals surface area contributed by atoms with E-state index in [1.165, 1.54) is 0 Å². The molecule has 2 unspecified atom stereocenters. The fourth-order valence-corrected chi connectivity index (χ4v) is 5.57. The summed E-state index contributed by atoms with van der Waals surface area (Å²) in [5.74, 6) is 4.61. The molecule has 0 saturated heterocycles. The number of carbonyl (C=O) groups excluding carboxylic acids is 1. The van der Waals surface area contributed by atoms with Crippen LogP contribution in [0.2, 0.25) is 0 Å². The van der Waals surface area contributed by atoms with Gasteiger partial charge in [0.05, 0.1) is 16.7 Å². The van der Waals surface area contributed by atoms with Crippen molar-refractivity contribution in [1.29, 1.82) is 10.5 Å². The molecule has 184 valence electrons. The van der Waals surface area contributed by atoms with E-state index in [1.54, 1.807) is 42.5 Å². The van der Waals surface area contributed by atoms with Crippen LogP contribution in [0.1, 0.15) is 61.5 Å². The number of nitrogens with zero attached hydrogens (tertiary/aromatic N) is 4. The molecular weight excluding hydrogens is 460 g/mol. The predicted molar refractivity (Wildman–Crippen MR) is 147 cm³/mol. The molecule has 0 heterocycles. The third-order valence-electron chi connectivity index (χ3n) is 7.43. The molecule has 0 aliphatic heterocycles. The first-order valence-corrected chi connectivity index (χ1v) is 12.4. The van der Waals surface area contributed by atoms with Crippen molar-refractivity contribution in [3.63, 3.8) is 0 Å². The maximum atomic E-state index is 13.4. The Balaban J connectivity index is 1.95. The molecule has 0 aromatic heterocycles. The zero-order valence-corrected chi connectivity index (χ0v) is 21.1. The van der Waals surface area contributed by atoms with Crippen molar-refractivity contribution in [1.82, 2.24) is 0 Å². The van der Waals surface area contributed by atoms with Crippen LogP contribution < -0.4 is 0 Å². The predicted octanol–water partition coefficient (Wildman–Crippen LogP) is 6.90. The molecule has 1 aliphatic rings. The lowest BCUT2D eigenvalue weighted by atomic mass is 9.75. The molecule has 3 atom stereocenters. The third-order valence-corrected chi connectivity index (χ3v) is 7.43.